The Kier molecular flexibility index (Phi) is 2.88. The van der Waals surface area contributed by atoms with E-state index >= 15 is 0 Å². The van der Waals surface area contributed by atoms with Crippen LogP contribution in [-0.2, 0) is 16.5 Å². The second-order valence-corrected chi connectivity index (χ2v) is 4.09. The highest BCUT2D eigenvalue weighted by Crippen LogP contribution is 2.04. The topological polar surface area (TPSA) is 67.5 Å². The number of hydrogen-bond donors (Lipinski definition) is 1. The largest absolute Gasteiger partial charge is 0.472 e. The lowest BCUT2D eigenvalue weighted by Gasteiger charge is -1.94. The van der Waals surface area contributed by atoms with Crippen molar-refractivity contribution in [3.8, 4) is 0 Å². The molecule has 0 bridgehead atoms. The lowest BCUT2D eigenvalue weighted by molar-refractivity contribution is 0.481. The first-order chi connectivity index (χ1) is 5.58. The average molecular weight is 190 g/mol. The number of aryl methyl sites for hydroxylation is 1. The van der Waals surface area contributed by atoms with Crippen LogP contribution in [0.2, 0.25) is 0 Å². The van der Waals surface area contributed by atoms with Gasteiger partial charge in [-0.05, 0) is 24.5 Å². The molecular weight excluding hydrogens is 180 g/mol. The molecule has 0 spiro atoms. The van der Waals surface area contributed by atoms with Gasteiger partial charge in [0, 0.05) is 0 Å². The molecular formula is C7H10O4S. The Balaban J connectivity index is 2.29. The van der Waals surface area contributed by atoms with E-state index in [4.69, 9.17) is 8.97 Å². The van der Waals surface area contributed by atoms with Crippen molar-refractivity contribution in [3.05, 3.63) is 24.2 Å². The van der Waals surface area contributed by atoms with Crippen LogP contribution in [0.25, 0.3) is 0 Å². The monoisotopic (exact) mass is 190 g/mol. The zero-order valence-corrected chi connectivity index (χ0v) is 7.25. The van der Waals surface area contributed by atoms with Crippen LogP contribution in [0.5, 0.6) is 0 Å². The average Bonchev–Trinajstić information content (AvgIpc) is 2.36. The summed E-state index contributed by atoms with van der Waals surface area (Å²) in [6.07, 6.45) is 4.11. The predicted octanol–water partition coefficient (Wildman–Crippen LogP) is 1.10. The molecule has 0 fully saturated rings. The summed E-state index contributed by atoms with van der Waals surface area (Å²) in [5, 5.41) is 0. The molecule has 1 aromatic heterocycles. The summed E-state index contributed by atoms with van der Waals surface area (Å²) in [5.41, 5.74) is 0.943. The summed E-state index contributed by atoms with van der Waals surface area (Å²) in [6, 6.07) is 1.77. The fraction of sp³-hybridized carbons (Fsp3) is 0.429. The standard InChI is InChI=1S/C7H10O4S/c8-12(9,10)5-1-2-7-3-4-11-6-7/h3-4,6H,1-2,5H2,(H,8,9,10). The molecule has 0 aliphatic heterocycles. The fourth-order valence-electron chi connectivity index (χ4n) is 0.894. The van der Waals surface area contributed by atoms with E-state index in [0.717, 1.165) is 5.56 Å². The van der Waals surface area contributed by atoms with Crippen molar-refractivity contribution in [2.45, 2.75) is 12.8 Å². The SMILES string of the molecule is O=S(=O)(O)CCCc1ccoc1. The summed E-state index contributed by atoms with van der Waals surface area (Å²) < 4.78 is 33.8. The molecule has 1 N–H and O–H groups in total. The molecule has 4 nitrogen and oxygen atoms in total. The van der Waals surface area contributed by atoms with Crippen LogP contribution >= 0.6 is 0 Å². The third-order valence-corrected chi connectivity index (χ3v) is 2.25. The molecule has 0 aliphatic rings. The Morgan fingerprint density at radius 3 is 2.75 bits per heavy atom. The fourth-order valence-corrected chi connectivity index (χ4v) is 1.40. The highest BCUT2D eigenvalue weighted by Gasteiger charge is 2.03. The van der Waals surface area contributed by atoms with Crippen LogP contribution < -0.4 is 0 Å². The molecule has 1 heterocycles. The van der Waals surface area contributed by atoms with Gasteiger partial charge in [0.25, 0.3) is 10.1 Å². The van der Waals surface area contributed by atoms with Gasteiger partial charge in [0.2, 0.25) is 0 Å². The first-order valence-corrected chi connectivity index (χ1v) is 5.15. The lowest BCUT2D eigenvalue weighted by atomic mass is 10.2. The van der Waals surface area contributed by atoms with Gasteiger partial charge in [0.15, 0.2) is 0 Å². The van der Waals surface area contributed by atoms with Crippen LogP contribution in [0, 0.1) is 0 Å². The van der Waals surface area contributed by atoms with Gasteiger partial charge >= 0.3 is 0 Å². The lowest BCUT2D eigenvalue weighted by Crippen LogP contribution is -2.04. The summed E-state index contributed by atoms with van der Waals surface area (Å²) in [5.74, 6) is -0.196. The highest BCUT2D eigenvalue weighted by atomic mass is 32.2. The van der Waals surface area contributed by atoms with Gasteiger partial charge in [-0.2, -0.15) is 8.42 Å². The Labute approximate surface area is 70.9 Å². The second kappa shape index (κ2) is 3.73. The van der Waals surface area contributed by atoms with E-state index in [1.54, 1.807) is 12.3 Å². The van der Waals surface area contributed by atoms with Crippen molar-refractivity contribution in [3.63, 3.8) is 0 Å². The van der Waals surface area contributed by atoms with Gasteiger partial charge in [-0.1, -0.05) is 0 Å². The number of hydrogen-bond acceptors (Lipinski definition) is 3. The predicted molar refractivity (Wildman–Crippen MR) is 43.4 cm³/mol. The zero-order valence-electron chi connectivity index (χ0n) is 6.43. The summed E-state index contributed by atoms with van der Waals surface area (Å²) in [7, 11) is -3.81. The smallest absolute Gasteiger partial charge is 0.264 e. The number of furan rings is 1. The van der Waals surface area contributed by atoms with Gasteiger partial charge in [0.05, 0.1) is 18.3 Å². The molecule has 0 radical (unpaired) electrons. The normalized spacial score (nSPS) is 11.8. The van der Waals surface area contributed by atoms with Crippen molar-refractivity contribution < 1.29 is 17.4 Å². The molecule has 5 heteroatoms. The summed E-state index contributed by atoms with van der Waals surface area (Å²) in [4.78, 5) is 0. The molecule has 0 aromatic carbocycles. The molecule has 68 valence electrons. The Hall–Kier alpha value is -0.810. The van der Waals surface area contributed by atoms with Crippen LogP contribution in [0.4, 0.5) is 0 Å². The van der Waals surface area contributed by atoms with Crippen molar-refractivity contribution >= 4 is 10.1 Å². The Morgan fingerprint density at radius 1 is 1.50 bits per heavy atom. The van der Waals surface area contributed by atoms with Gasteiger partial charge in [-0.25, -0.2) is 0 Å². The summed E-state index contributed by atoms with van der Waals surface area (Å²) in [6.45, 7) is 0. The Bertz CT molecular complexity index is 311. The molecule has 0 atom stereocenters. The maximum absolute atomic E-state index is 10.3. The van der Waals surface area contributed by atoms with Crippen molar-refractivity contribution in [2.24, 2.45) is 0 Å². The minimum absolute atomic E-state index is 0.196. The van der Waals surface area contributed by atoms with Gasteiger partial charge in [-0.3, -0.25) is 4.55 Å². The second-order valence-electron chi connectivity index (χ2n) is 2.52. The Morgan fingerprint density at radius 2 is 2.25 bits per heavy atom. The van der Waals surface area contributed by atoms with E-state index in [2.05, 4.69) is 0 Å². The van der Waals surface area contributed by atoms with E-state index in [-0.39, 0.29) is 5.75 Å². The molecule has 12 heavy (non-hydrogen) atoms. The van der Waals surface area contributed by atoms with Gasteiger partial charge < -0.3 is 4.42 Å². The third-order valence-electron chi connectivity index (χ3n) is 1.45. The molecule has 0 saturated heterocycles. The molecule has 0 saturated carbocycles. The minimum Gasteiger partial charge on any atom is -0.472 e. The third kappa shape index (κ3) is 3.54. The maximum atomic E-state index is 10.3. The summed E-state index contributed by atoms with van der Waals surface area (Å²) >= 11 is 0. The van der Waals surface area contributed by atoms with E-state index in [1.807, 2.05) is 0 Å². The number of rotatable bonds is 4. The van der Waals surface area contributed by atoms with E-state index in [0.29, 0.717) is 12.8 Å². The van der Waals surface area contributed by atoms with Gasteiger partial charge in [-0.15, -0.1) is 0 Å². The van der Waals surface area contributed by atoms with Crippen LogP contribution in [0.15, 0.2) is 23.0 Å². The quantitative estimate of drug-likeness (QED) is 0.722. The van der Waals surface area contributed by atoms with Crippen LogP contribution in [0.3, 0.4) is 0 Å². The zero-order chi connectivity index (χ0) is 9.03. The first-order valence-electron chi connectivity index (χ1n) is 3.54. The van der Waals surface area contributed by atoms with E-state index in [1.165, 1.54) is 6.26 Å². The van der Waals surface area contributed by atoms with Gasteiger partial charge in [0.1, 0.15) is 0 Å². The molecule has 1 rings (SSSR count). The first kappa shape index (κ1) is 9.28. The highest BCUT2D eigenvalue weighted by molar-refractivity contribution is 7.85. The van der Waals surface area contributed by atoms with Crippen LogP contribution in [-0.4, -0.2) is 18.7 Å². The van der Waals surface area contributed by atoms with Crippen molar-refractivity contribution in [1.29, 1.82) is 0 Å². The van der Waals surface area contributed by atoms with Crippen LogP contribution in [0.1, 0.15) is 12.0 Å². The molecule has 1 aromatic rings. The maximum Gasteiger partial charge on any atom is 0.264 e. The molecule has 0 amide bonds. The minimum atomic E-state index is -3.81. The van der Waals surface area contributed by atoms with E-state index in [9.17, 15) is 8.42 Å². The van der Waals surface area contributed by atoms with E-state index < -0.39 is 10.1 Å². The molecule has 0 aliphatic carbocycles. The van der Waals surface area contributed by atoms with Crippen molar-refractivity contribution in [1.82, 2.24) is 0 Å². The molecule has 0 unspecified atom stereocenters. The van der Waals surface area contributed by atoms with Crippen molar-refractivity contribution in [2.75, 3.05) is 5.75 Å².